The number of aryl methyl sites for hydroxylation is 1. The minimum absolute atomic E-state index is 0.00416. The van der Waals surface area contributed by atoms with Crippen molar-refractivity contribution in [1.82, 2.24) is 53.3 Å². The fourth-order valence-corrected chi connectivity index (χ4v) is 20.8. The van der Waals surface area contributed by atoms with E-state index in [1.165, 1.54) is 45.8 Å². The number of nitrogens with zero attached hydrogens (tertiary/aromatic N) is 12. The van der Waals surface area contributed by atoms with Crippen LogP contribution in [0.3, 0.4) is 0 Å². The van der Waals surface area contributed by atoms with Gasteiger partial charge < -0.3 is 57.8 Å². The highest BCUT2D eigenvalue weighted by Crippen LogP contribution is 2.60. The molecule has 3 saturated heterocycles. The fourth-order valence-electron chi connectivity index (χ4n) is 13.7. The Morgan fingerprint density at radius 3 is 1.61 bits per heavy atom. The molecule has 120 heavy (non-hydrogen) atoms. The standard InChI is InChI=1S/C78H107N16O21P3Si2/c1-48(2)94(49(3)4)116(103-37-21-34-79)111-56-40-60(91-41-50(5)70(95)90-75(91)97)108-57(56)43-106-117(98,104-38-22-35-80)113-64-59(110-72(66(64)115-120(16,17)77(9,10)11)92-46-86-61-67(82)84-45-85-68(61)92)44-107-118(99,105-39-23-36-81)112-63-58(109-73(65(63)114-119(14,15)76(6,7)8)93-47-87-62-69(93)88-74(83)89-71(62)96)42-102-78(51-24-19-18-20-25-51,52-26-30-54(100-12)31-27-52)53-28-32-55(101-13)33-29-53/h18-20,24-33,41,45-49,56-60,63-66,72-73H,21-23,37-40,42-44H2,1-17H3,(H2,82,84,85)(H,90,95,97)(H3,83,88,89,96)/t56-,57+,58+,59+,60+,63+,64+,65+,66+,72+,73+,116?,117?,118?/m0/s1. The highest BCUT2D eigenvalue weighted by Gasteiger charge is 2.59. The van der Waals surface area contributed by atoms with Gasteiger partial charge in [-0.3, -0.25) is 60.4 Å². The fraction of sp³-hybridized carbons (Fsp3) is 0.551. The number of aromatic nitrogens is 10. The molecule has 0 aliphatic carbocycles. The van der Waals surface area contributed by atoms with E-state index in [9.17, 15) is 30.2 Å². The second-order valence-corrected chi connectivity index (χ2v) is 46.8. The Bertz CT molecular complexity index is 5210. The summed E-state index contributed by atoms with van der Waals surface area (Å²) in [6.07, 6.45) is -10.9. The van der Waals surface area contributed by atoms with Gasteiger partial charge in [-0.15, -0.1) is 0 Å². The molecular formula is C78H107N16O21P3Si2. The van der Waals surface area contributed by atoms with Gasteiger partial charge in [-0.1, -0.05) is 96.1 Å². The lowest BCUT2D eigenvalue weighted by atomic mass is 9.80. The molecule has 0 amide bonds. The number of hydrogen-bond acceptors (Lipinski definition) is 32. The minimum atomic E-state index is -5.37. The second-order valence-electron chi connectivity index (χ2n) is 32.6. The number of imidazole rings is 2. The molecule has 6 N–H and O–H groups in total. The first kappa shape index (κ1) is 92.4. The maximum absolute atomic E-state index is 17.0. The number of benzene rings is 3. The Morgan fingerprint density at radius 1 is 0.608 bits per heavy atom. The molecule has 648 valence electrons. The molecule has 3 aliphatic rings. The summed E-state index contributed by atoms with van der Waals surface area (Å²) in [7, 11) is -15.9. The van der Waals surface area contributed by atoms with Crippen molar-refractivity contribution in [2.45, 2.75) is 223 Å². The molecule has 8 aromatic rings. The summed E-state index contributed by atoms with van der Waals surface area (Å²) < 4.78 is 148. The lowest BCUT2D eigenvalue weighted by molar-refractivity contribution is -0.0954. The van der Waals surface area contributed by atoms with Gasteiger partial charge in [0.25, 0.3) is 19.6 Å². The Labute approximate surface area is 698 Å². The van der Waals surface area contributed by atoms with E-state index in [1.807, 2.05) is 167 Å². The van der Waals surface area contributed by atoms with Crippen molar-refractivity contribution >= 4 is 74.9 Å². The Morgan fingerprint density at radius 2 is 1.10 bits per heavy atom. The van der Waals surface area contributed by atoms with E-state index in [2.05, 4.69) is 41.0 Å². The average Bonchev–Trinajstić information content (AvgIpc) is 1.60. The van der Waals surface area contributed by atoms with Crippen LogP contribution in [-0.4, -0.2) is 185 Å². The van der Waals surface area contributed by atoms with Crippen molar-refractivity contribution in [2.24, 2.45) is 0 Å². The average molecular weight is 1750 g/mol. The molecule has 0 bridgehead atoms. The minimum Gasteiger partial charge on any atom is -0.497 e. The third kappa shape index (κ3) is 20.6. The molecule has 3 aromatic carbocycles. The number of fused-ring (bicyclic) bond motifs is 2. The van der Waals surface area contributed by atoms with Crippen LogP contribution < -0.4 is 37.7 Å². The van der Waals surface area contributed by atoms with Crippen LogP contribution in [0.5, 0.6) is 11.5 Å². The van der Waals surface area contributed by atoms with Crippen molar-refractivity contribution in [3.63, 3.8) is 0 Å². The highest BCUT2D eigenvalue weighted by atomic mass is 31.2. The van der Waals surface area contributed by atoms with Crippen molar-refractivity contribution < 1.29 is 82.6 Å². The van der Waals surface area contributed by atoms with Crippen LogP contribution in [0.1, 0.15) is 136 Å². The van der Waals surface area contributed by atoms with Gasteiger partial charge in [0, 0.05) is 30.3 Å². The normalized spacial score (nSPS) is 22.5. The monoisotopic (exact) mass is 1750 g/mol. The first-order valence-electron chi connectivity index (χ1n) is 39.2. The third-order valence-electron chi connectivity index (χ3n) is 21.8. The van der Waals surface area contributed by atoms with E-state index < -0.39 is 174 Å². The van der Waals surface area contributed by atoms with Crippen LogP contribution in [0.25, 0.3) is 22.3 Å². The maximum Gasteiger partial charge on any atom is 0.475 e. The Hall–Kier alpha value is -8.37. The number of hydrogen-bond donors (Lipinski definition) is 4. The lowest BCUT2D eigenvalue weighted by Crippen LogP contribution is -2.50. The molecule has 11 rings (SSSR count). The number of aromatic amines is 2. The molecule has 3 unspecified atom stereocenters. The molecule has 0 radical (unpaired) electrons. The van der Waals surface area contributed by atoms with E-state index in [0.29, 0.717) is 28.2 Å². The van der Waals surface area contributed by atoms with Crippen LogP contribution in [-0.2, 0) is 78.7 Å². The van der Waals surface area contributed by atoms with Crippen molar-refractivity contribution in [3.8, 4) is 29.7 Å². The zero-order chi connectivity index (χ0) is 87.0. The summed E-state index contributed by atoms with van der Waals surface area (Å²) in [6.45, 7) is 26.1. The van der Waals surface area contributed by atoms with Gasteiger partial charge in [-0.25, -0.2) is 38.5 Å². The quantitative estimate of drug-likeness (QED) is 0.0120. The summed E-state index contributed by atoms with van der Waals surface area (Å²) in [5.74, 6) is 0.858. The highest BCUT2D eigenvalue weighted by molar-refractivity contribution is 7.48. The Balaban J connectivity index is 1.05. The van der Waals surface area contributed by atoms with Crippen molar-refractivity contribution in [3.05, 3.63) is 157 Å². The van der Waals surface area contributed by atoms with Gasteiger partial charge in [-0.05, 0) is 112 Å². The number of methoxy groups -OCH3 is 2. The SMILES string of the molecule is COc1ccc(C(OC[C@H]2O[C@@H](n3cnc4c(=O)[nH]c(N)nc43)[C@H](O[Si](C)(C)C(C)(C)C)[C@@H]2OP(=O)(OCCC#N)OC[C@H]2O[C@@H](n3cnc4c(N)ncnc43)[C@H](O[Si](C)(C)C(C)(C)C)[C@@H]2OP(=O)(OCCC#N)OC[C@H]2O[C@@H](n3cc(C)c(=O)[nH]c3=O)C[C@@H]2OP(OCCC#N)N(C(C)C)C(C)C)(c2ccccc2)c2ccc(OC)cc2)cc1. The van der Waals surface area contributed by atoms with Gasteiger partial charge in [0.05, 0.1) is 110 Å². The van der Waals surface area contributed by atoms with E-state index in [0.717, 1.165) is 0 Å². The number of nitriles is 3. The number of rotatable bonds is 39. The number of nitrogens with two attached hydrogens (primary N) is 2. The predicted molar refractivity (Wildman–Crippen MR) is 446 cm³/mol. The Kier molecular flexibility index (Phi) is 29.7. The van der Waals surface area contributed by atoms with E-state index in [1.54, 1.807) is 38.5 Å². The number of phosphoric ester groups is 2. The molecule has 0 saturated carbocycles. The largest absolute Gasteiger partial charge is 0.497 e. The van der Waals surface area contributed by atoms with Gasteiger partial charge in [0.2, 0.25) is 5.95 Å². The van der Waals surface area contributed by atoms with Crippen molar-refractivity contribution in [1.29, 1.82) is 15.8 Å². The summed E-state index contributed by atoms with van der Waals surface area (Å²) in [5, 5.41) is 28.9. The first-order valence-corrected chi connectivity index (χ1v) is 49.1. The molecular weight excluding hydrogens is 1650 g/mol. The summed E-state index contributed by atoms with van der Waals surface area (Å²) in [4.78, 5) is 67.6. The van der Waals surface area contributed by atoms with Crippen LogP contribution in [0.15, 0.2) is 118 Å². The molecule has 0 spiro atoms. The number of H-pyrrole nitrogens is 2. The summed E-state index contributed by atoms with van der Waals surface area (Å²) >= 11 is 0. The van der Waals surface area contributed by atoms with Crippen LogP contribution >= 0.6 is 24.2 Å². The number of anilines is 2. The van der Waals surface area contributed by atoms with Crippen LogP contribution in [0.4, 0.5) is 11.8 Å². The number of nitrogen functional groups attached to an aromatic ring is 2. The number of phosphoric acid groups is 2. The molecule has 3 aliphatic heterocycles. The third-order valence-corrected chi connectivity index (χ3v) is 35.8. The zero-order valence-corrected chi connectivity index (χ0v) is 75.0. The number of ether oxygens (including phenoxy) is 6. The van der Waals surface area contributed by atoms with E-state index in [-0.39, 0.29) is 84.0 Å². The van der Waals surface area contributed by atoms with Crippen molar-refractivity contribution in [2.75, 3.05) is 65.3 Å². The van der Waals surface area contributed by atoms with Gasteiger partial charge >= 0.3 is 21.3 Å². The predicted octanol–water partition coefficient (Wildman–Crippen LogP) is 12.4. The lowest BCUT2D eigenvalue weighted by Gasteiger charge is -2.41. The van der Waals surface area contributed by atoms with Crippen LogP contribution in [0, 0.1) is 40.9 Å². The second kappa shape index (κ2) is 38.6. The molecule has 5 aromatic heterocycles. The van der Waals surface area contributed by atoms with Gasteiger partial charge in [0.1, 0.15) is 77.9 Å². The van der Waals surface area contributed by atoms with E-state index in [4.69, 9.17) is 84.9 Å². The molecule has 42 heteroatoms. The summed E-state index contributed by atoms with van der Waals surface area (Å²) in [6, 6.07) is 29.9. The first-order chi connectivity index (χ1) is 56.8. The smallest absolute Gasteiger partial charge is 0.475 e. The zero-order valence-electron chi connectivity index (χ0n) is 70.3. The van der Waals surface area contributed by atoms with Gasteiger partial charge in [0.15, 0.2) is 51.7 Å². The number of nitrogens with one attached hydrogen (secondary N) is 2. The molecule has 37 nitrogen and oxygen atoms in total. The molecule has 8 heterocycles. The van der Waals surface area contributed by atoms with E-state index >= 15 is 9.13 Å². The van der Waals surface area contributed by atoms with Gasteiger partial charge in [-0.2, -0.15) is 20.8 Å². The maximum atomic E-state index is 17.0. The van der Waals surface area contributed by atoms with Crippen LogP contribution in [0.2, 0.25) is 36.3 Å². The summed E-state index contributed by atoms with van der Waals surface area (Å²) in [5.41, 5.74) is 11.4. The molecule has 14 atom stereocenters. The topological polar surface area (TPSA) is 471 Å². The molecule has 3 fully saturated rings.